The fraction of sp³-hybridized carbons (Fsp3) is 0.857. The Morgan fingerprint density at radius 3 is 2.55 bits per heavy atom. The fourth-order valence-corrected chi connectivity index (χ4v) is 0.891. The lowest BCUT2D eigenvalue weighted by Crippen LogP contribution is -2.43. The summed E-state index contributed by atoms with van der Waals surface area (Å²) in [4.78, 5) is 10.1. The molecule has 1 unspecified atom stereocenters. The van der Waals surface area contributed by atoms with E-state index in [-0.39, 0.29) is 6.04 Å². The average molecular weight is 160 g/mol. The number of hydrogen-bond acceptors (Lipinski definition) is 2. The molecule has 0 saturated heterocycles. The Bertz CT molecular complexity index is 117. The number of hydrogen-bond donors (Lipinski definition) is 3. The second-order valence-corrected chi connectivity index (χ2v) is 2.47. The SMILES string of the molecule is CCCC(CC)NNC(=O)O. The van der Waals surface area contributed by atoms with E-state index >= 15 is 0 Å². The van der Waals surface area contributed by atoms with Crippen LogP contribution in [0.4, 0.5) is 4.79 Å². The molecule has 0 saturated carbocycles. The lowest BCUT2D eigenvalue weighted by Gasteiger charge is -2.14. The van der Waals surface area contributed by atoms with Crippen LogP contribution < -0.4 is 10.9 Å². The van der Waals surface area contributed by atoms with E-state index in [1.165, 1.54) is 0 Å². The van der Waals surface area contributed by atoms with Crippen LogP contribution in [0.15, 0.2) is 0 Å². The first-order chi connectivity index (χ1) is 5.20. The number of rotatable bonds is 5. The molecule has 0 bridgehead atoms. The van der Waals surface area contributed by atoms with Crippen LogP contribution in [-0.4, -0.2) is 17.2 Å². The molecule has 0 aromatic rings. The van der Waals surface area contributed by atoms with Gasteiger partial charge in [-0.2, -0.15) is 0 Å². The second-order valence-electron chi connectivity index (χ2n) is 2.47. The lowest BCUT2D eigenvalue weighted by atomic mass is 10.1. The zero-order valence-electron chi connectivity index (χ0n) is 7.05. The number of nitrogens with one attached hydrogen (secondary N) is 2. The molecule has 0 rings (SSSR count). The molecule has 3 N–H and O–H groups in total. The van der Waals surface area contributed by atoms with Crippen molar-refractivity contribution in [3.8, 4) is 0 Å². The summed E-state index contributed by atoms with van der Waals surface area (Å²) in [5.74, 6) is 0. The summed E-state index contributed by atoms with van der Waals surface area (Å²) in [6, 6.07) is 0.260. The normalized spacial score (nSPS) is 12.5. The summed E-state index contributed by atoms with van der Waals surface area (Å²) in [7, 11) is 0. The molecule has 4 nitrogen and oxygen atoms in total. The van der Waals surface area contributed by atoms with E-state index in [4.69, 9.17) is 5.11 Å². The van der Waals surface area contributed by atoms with Crippen molar-refractivity contribution in [3.63, 3.8) is 0 Å². The Morgan fingerprint density at radius 2 is 2.18 bits per heavy atom. The van der Waals surface area contributed by atoms with Gasteiger partial charge >= 0.3 is 6.09 Å². The highest BCUT2D eigenvalue weighted by Gasteiger charge is 2.03. The minimum Gasteiger partial charge on any atom is -0.464 e. The molecule has 0 aliphatic carbocycles. The fourth-order valence-electron chi connectivity index (χ4n) is 0.891. The highest BCUT2D eigenvalue weighted by molar-refractivity contribution is 5.63. The van der Waals surface area contributed by atoms with Gasteiger partial charge in [-0.25, -0.2) is 10.2 Å². The van der Waals surface area contributed by atoms with Gasteiger partial charge in [0.15, 0.2) is 0 Å². The minimum absolute atomic E-state index is 0.260. The number of amides is 1. The van der Waals surface area contributed by atoms with E-state index < -0.39 is 6.09 Å². The van der Waals surface area contributed by atoms with Crippen LogP contribution in [-0.2, 0) is 0 Å². The maximum Gasteiger partial charge on any atom is 0.419 e. The first kappa shape index (κ1) is 10.2. The molecule has 0 fully saturated rings. The molecule has 0 aliphatic rings. The van der Waals surface area contributed by atoms with Crippen LogP contribution in [0.25, 0.3) is 0 Å². The number of hydrazine groups is 1. The van der Waals surface area contributed by atoms with Crippen LogP contribution in [0.5, 0.6) is 0 Å². The van der Waals surface area contributed by atoms with Crippen molar-refractivity contribution >= 4 is 6.09 Å². The predicted molar refractivity (Wildman–Crippen MR) is 43.3 cm³/mol. The van der Waals surface area contributed by atoms with Crippen molar-refractivity contribution in [2.24, 2.45) is 0 Å². The van der Waals surface area contributed by atoms with Crippen LogP contribution in [0.1, 0.15) is 33.1 Å². The van der Waals surface area contributed by atoms with E-state index in [2.05, 4.69) is 17.8 Å². The Labute approximate surface area is 67.0 Å². The molecule has 4 heteroatoms. The Morgan fingerprint density at radius 1 is 1.55 bits per heavy atom. The molecule has 0 radical (unpaired) electrons. The van der Waals surface area contributed by atoms with Gasteiger partial charge in [-0.05, 0) is 12.8 Å². The highest BCUT2D eigenvalue weighted by atomic mass is 16.4. The molecular weight excluding hydrogens is 144 g/mol. The highest BCUT2D eigenvalue weighted by Crippen LogP contribution is 1.98. The summed E-state index contributed by atoms with van der Waals surface area (Å²) in [5.41, 5.74) is 4.87. The van der Waals surface area contributed by atoms with Crippen molar-refractivity contribution in [1.29, 1.82) is 0 Å². The van der Waals surface area contributed by atoms with Crippen LogP contribution >= 0.6 is 0 Å². The minimum atomic E-state index is -1.03. The maximum atomic E-state index is 10.1. The molecule has 0 heterocycles. The first-order valence-electron chi connectivity index (χ1n) is 3.95. The van der Waals surface area contributed by atoms with E-state index in [0.717, 1.165) is 19.3 Å². The molecule has 1 amide bonds. The quantitative estimate of drug-likeness (QED) is 0.532. The van der Waals surface area contributed by atoms with Gasteiger partial charge < -0.3 is 5.11 Å². The van der Waals surface area contributed by atoms with Gasteiger partial charge in [-0.1, -0.05) is 20.3 Å². The molecule has 0 aliphatic heterocycles. The third-order valence-electron chi connectivity index (χ3n) is 1.51. The van der Waals surface area contributed by atoms with Crippen LogP contribution in [0.2, 0.25) is 0 Å². The molecule has 11 heavy (non-hydrogen) atoms. The predicted octanol–water partition coefficient (Wildman–Crippen LogP) is 1.34. The Balaban J connectivity index is 3.43. The number of carbonyl (C=O) groups is 1. The van der Waals surface area contributed by atoms with Gasteiger partial charge in [0.1, 0.15) is 0 Å². The number of carboxylic acid groups (broad SMARTS) is 1. The van der Waals surface area contributed by atoms with E-state index in [0.29, 0.717) is 0 Å². The van der Waals surface area contributed by atoms with Crippen molar-refractivity contribution < 1.29 is 9.90 Å². The zero-order chi connectivity index (χ0) is 8.69. The summed E-state index contributed by atoms with van der Waals surface area (Å²) in [6.45, 7) is 4.10. The van der Waals surface area contributed by atoms with Gasteiger partial charge in [0, 0.05) is 6.04 Å². The first-order valence-corrected chi connectivity index (χ1v) is 3.95. The summed E-state index contributed by atoms with van der Waals surface area (Å²) < 4.78 is 0. The van der Waals surface area contributed by atoms with Crippen molar-refractivity contribution in [1.82, 2.24) is 10.9 Å². The zero-order valence-corrected chi connectivity index (χ0v) is 7.05. The smallest absolute Gasteiger partial charge is 0.419 e. The van der Waals surface area contributed by atoms with Gasteiger partial charge in [0.05, 0.1) is 0 Å². The molecule has 0 aromatic heterocycles. The average Bonchev–Trinajstić information content (AvgIpc) is 1.97. The summed E-state index contributed by atoms with van der Waals surface area (Å²) >= 11 is 0. The summed E-state index contributed by atoms with van der Waals surface area (Å²) in [6.07, 6.45) is 1.97. The van der Waals surface area contributed by atoms with Gasteiger partial charge in [0.2, 0.25) is 0 Å². The maximum absolute atomic E-state index is 10.1. The standard InChI is InChI=1S/C7H16N2O2/c1-3-5-6(4-2)8-9-7(10)11/h6,8-9H,3-5H2,1-2H3,(H,10,11). The van der Waals surface area contributed by atoms with E-state index in [1.54, 1.807) is 0 Å². The lowest BCUT2D eigenvalue weighted by molar-refractivity contribution is 0.185. The molecule has 1 atom stereocenters. The Kier molecular flexibility index (Phi) is 5.56. The van der Waals surface area contributed by atoms with Crippen LogP contribution in [0, 0.1) is 0 Å². The third kappa shape index (κ3) is 5.66. The monoisotopic (exact) mass is 160 g/mol. The molecule has 0 aromatic carbocycles. The topological polar surface area (TPSA) is 61.4 Å². The van der Waals surface area contributed by atoms with E-state index in [9.17, 15) is 4.79 Å². The summed E-state index contributed by atoms with van der Waals surface area (Å²) in [5, 5.41) is 8.25. The van der Waals surface area contributed by atoms with Gasteiger partial charge in [-0.15, -0.1) is 0 Å². The van der Waals surface area contributed by atoms with Gasteiger partial charge in [0.25, 0.3) is 0 Å². The van der Waals surface area contributed by atoms with Crippen molar-refractivity contribution in [3.05, 3.63) is 0 Å². The van der Waals surface area contributed by atoms with E-state index in [1.807, 2.05) is 6.92 Å². The van der Waals surface area contributed by atoms with Crippen molar-refractivity contribution in [2.75, 3.05) is 0 Å². The largest absolute Gasteiger partial charge is 0.464 e. The third-order valence-corrected chi connectivity index (χ3v) is 1.51. The van der Waals surface area contributed by atoms with Gasteiger partial charge in [-0.3, -0.25) is 5.43 Å². The second kappa shape index (κ2) is 5.97. The molecule has 0 spiro atoms. The molecular formula is C7H16N2O2. The van der Waals surface area contributed by atoms with Crippen LogP contribution in [0.3, 0.4) is 0 Å². The Hall–Kier alpha value is -0.770. The molecule has 66 valence electrons. The van der Waals surface area contributed by atoms with Crippen molar-refractivity contribution in [2.45, 2.75) is 39.2 Å².